The number of rotatable bonds is 60. The fourth-order valence-corrected chi connectivity index (χ4v) is 14.4. The van der Waals surface area contributed by atoms with Crippen LogP contribution in [0.15, 0.2) is 128 Å². The first-order valence-electron chi connectivity index (χ1n) is 41.5. The summed E-state index contributed by atoms with van der Waals surface area (Å²) < 4.78 is 52.5. The van der Waals surface area contributed by atoms with Gasteiger partial charge in [0.1, 0.15) is 66.7 Å². The lowest BCUT2D eigenvalue weighted by Gasteiger charge is -2.44. The van der Waals surface area contributed by atoms with Crippen LogP contribution in [0.2, 0.25) is 0 Å². The third-order valence-corrected chi connectivity index (χ3v) is 22.5. The number of hydrogen-bond donors (Lipinski definition) is 14. The Morgan fingerprint density at radius 1 is 0.437 bits per heavy atom. The van der Waals surface area contributed by atoms with E-state index < -0.39 is 168 Å². The van der Waals surface area contributed by atoms with E-state index in [2.05, 4.69) is 173 Å². The number of hydrogen-bond acceptors (Lipinski definition) is 19. The molecule has 1 heterocycles. The highest BCUT2D eigenvalue weighted by Crippen LogP contribution is 2.61. The van der Waals surface area contributed by atoms with Crippen molar-refractivity contribution in [2.24, 2.45) is 5.73 Å². The number of aliphatic carboxylic acids is 3. The van der Waals surface area contributed by atoms with E-state index in [-0.39, 0.29) is 19.3 Å². The zero-order valence-electron chi connectivity index (χ0n) is 73.5. The van der Waals surface area contributed by atoms with Gasteiger partial charge in [-0.25, -0.2) is 9.13 Å². The van der Waals surface area contributed by atoms with Gasteiger partial charge in [0.05, 0.1) is 13.2 Å². The maximum atomic E-state index is 13.8. The molecule has 1 saturated heterocycles. The quantitative estimate of drug-likeness (QED) is 0.0199. The number of ether oxygens (including phenoxy) is 2. The predicted molar refractivity (Wildman–Crippen MR) is 461 cm³/mol. The molecular formula is C87H143N7O23P2. The Morgan fingerprint density at radius 2 is 0.782 bits per heavy atom. The number of amides is 6. The minimum atomic E-state index is -5.78. The molecule has 14 unspecified atom stereocenters. The highest BCUT2D eigenvalue weighted by Gasteiger charge is 2.51. The van der Waals surface area contributed by atoms with Crippen molar-refractivity contribution in [2.75, 3.05) is 13.2 Å². The summed E-state index contributed by atoms with van der Waals surface area (Å²) in [7, 11) is -11.2. The molecule has 1 rings (SSSR count). The van der Waals surface area contributed by atoms with E-state index in [0.29, 0.717) is 12.8 Å². The molecule has 119 heavy (non-hydrogen) atoms. The van der Waals surface area contributed by atoms with Crippen molar-refractivity contribution in [3.63, 3.8) is 0 Å². The number of allylic oxidation sites excluding steroid dienone is 21. The Hall–Kier alpha value is -7.57. The average Bonchev–Trinajstić information content (AvgIpc) is 0.782. The smallest absolute Gasteiger partial charge is 0.481 e. The first-order chi connectivity index (χ1) is 55.7. The van der Waals surface area contributed by atoms with E-state index in [1.165, 1.54) is 68.7 Å². The lowest BCUT2D eigenvalue weighted by molar-refractivity contribution is -0.261. The van der Waals surface area contributed by atoms with Crippen LogP contribution in [0.3, 0.4) is 0 Å². The molecule has 0 aromatic carbocycles. The SMILES string of the molecule is CC(=O)NC1C(OP(=O)(O)OP(=O)(O)OCC=C(C)CCC=C(C)CCC=C(C)CCC=C(C)CCC=C(C)CCC=C(C)CCC=C(C)CCC=C(C)CCC=C(C)CCC=C(C)CCC=C(C)C)OC(CO)C(O)C1OC(C)C(=O)NC(C)C(=O)NC(CCC(=O)O)C(=O)NC(CCCC(N)C(=O)O)C(=O)NC(C)C(=O)NC(C)C(=O)O. The Balaban J connectivity index is 2.79. The predicted octanol–water partition coefficient (Wildman–Crippen LogP) is 13.8. The minimum Gasteiger partial charge on any atom is -0.481 e. The summed E-state index contributed by atoms with van der Waals surface area (Å²) in [5, 5.41) is 63.1. The molecule has 1 aliphatic rings. The highest BCUT2D eigenvalue weighted by atomic mass is 31.3. The van der Waals surface area contributed by atoms with Crippen LogP contribution in [0.4, 0.5) is 0 Å². The molecule has 30 nitrogen and oxygen atoms in total. The van der Waals surface area contributed by atoms with Crippen molar-refractivity contribution >= 4 is 69.0 Å². The van der Waals surface area contributed by atoms with Gasteiger partial charge in [-0.3, -0.25) is 52.2 Å². The molecule has 1 fully saturated rings. The molecule has 0 aliphatic carbocycles. The van der Waals surface area contributed by atoms with Crippen molar-refractivity contribution < 1.29 is 110 Å². The lowest BCUT2D eigenvalue weighted by atomic mass is 9.96. The molecule has 0 radical (unpaired) electrons. The second kappa shape index (κ2) is 59.2. The van der Waals surface area contributed by atoms with Crippen LogP contribution in [0.25, 0.3) is 0 Å². The summed E-state index contributed by atoms with van der Waals surface area (Å²) in [6, 6.07) is -10.9. The molecule has 0 spiro atoms. The van der Waals surface area contributed by atoms with Crippen molar-refractivity contribution in [2.45, 2.75) is 351 Å². The summed E-state index contributed by atoms with van der Waals surface area (Å²) in [5.74, 6) is -10.4. The van der Waals surface area contributed by atoms with Gasteiger partial charge in [-0.05, 0) is 265 Å². The molecule has 0 aromatic heterocycles. The van der Waals surface area contributed by atoms with Gasteiger partial charge in [0.15, 0.2) is 6.29 Å². The molecule has 0 bridgehead atoms. The molecular weight excluding hydrogens is 1570 g/mol. The fraction of sp³-hybridized carbons (Fsp3) is 0.644. The number of carbonyl (C=O) groups is 9. The molecule has 0 saturated carbocycles. The molecule has 14 atom stereocenters. The average molecular weight is 1720 g/mol. The van der Waals surface area contributed by atoms with Gasteiger partial charge >= 0.3 is 33.6 Å². The lowest BCUT2D eigenvalue weighted by Crippen LogP contribution is -2.66. The van der Waals surface area contributed by atoms with E-state index in [9.17, 15) is 87.6 Å². The summed E-state index contributed by atoms with van der Waals surface area (Å²) in [4.78, 5) is 136. The third-order valence-electron chi connectivity index (χ3n) is 19.9. The zero-order chi connectivity index (χ0) is 90.1. The maximum Gasteiger partial charge on any atom is 0.483 e. The largest absolute Gasteiger partial charge is 0.483 e. The van der Waals surface area contributed by atoms with Gasteiger partial charge in [-0.15, -0.1) is 0 Å². The molecule has 674 valence electrons. The summed E-state index contributed by atoms with van der Waals surface area (Å²) in [5.41, 5.74) is 20.5. The van der Waals surface area contributed by atoms with Crippen molar-refractivity contribution in [1.82, 2.24) is 31.9 Å². The van der Waals surface area contributed by atoms with Gasteiger partial charge < -0.3 is 82.4 Å². The third kappa shape index (κ3) is 51.1. The number of phosphoric ester groups is 2. The molecule has 6 amide bonds. The van der Waals surface area contributed by atoms with Gasteiger partial charge in [0.25, 0.3) is 0 Å². The number of carboxylic acid groups (broad SMARTS) is 3. The first-order valence-corrected chi connectivity index (χ1v) is 44.5. The molecule has 15 N–H and O–H groups in total. The van der Waals surface area contributed by atoms with Crippen molar-refractivity contribution in [3.05, 3.63) is 128 Å². The molecule has 1 aliphatic heterocycles. The van der Waals surface area contributed by atoms with Gasteiger partial charge in [-0.2, -0.15) is 4.31 Å². The van der Waals surface area contributed by atoms with Gasteiger partial charge in [0.2, 0.25) is 35.4 Å². The van der Waals surface area contributed by atoms with E-state index in [1.807, 2.05) is 0 Å². The van der Waals surface area contributed by atoms with E-state index in [0.717, 1.165) is 149 Å². The standard InChI is InChI=1S/C87H143N7O23P2/c1-56(2)29-18-30-57(3)31-19-32-58(4)33-20-34-59(5)35-21-36-60(6)37-22-38-61(7)39-23-40-62(8)41-24-42-63(9)43-25-44-64(10)45-26-46-65(11)47-27-48-66(12)53-54-113-118(109,110)117-119(111,112)116-87-77(92-71(17)96)79(78(99)75(55-95)115-87)114-70(16)82(102)89-68(14)81(101)93-74(51-52-76(97)98)84(104)94-73(50-28-49-72(88)86(107)108)83(103)90-67(13)80(100)91-69(15)85(105)106/h29,31,33,35,37,39,41,43,45,47,53,67-70,72-75,77-79,87,95,99H,18-28,30,32,34,36,38,40,42,44,46,48-52,54-55,88H2,1-17H3,(H,89,102)(H,90,103)(H,91,100)(H,92,96)(H,93,101)(H,94,104)(H,97,98)(H,105,106)(H,107,108)(H,109,110)(H,111,112). The van der Waals surface area contributed by atoms with Crippen LogP contribution < -0.4 is 37.6 Å². The number of nitrogens with two attached hydrogens (primary N) is 1. The minimum absolute atomic E-state index is 0.104. The number of carboxylic acids is 3. The van der Waals surface area contributed by atoms with Crippen LogP contribution >= 0.6 is 15.6 Å². The fourth-order valence-electron chi connectivity index (χ4n) is 12.3. The monoisotopic (exact) mass is 1720 g/mol. The van der Waals surface area contributed by atoms with Crippen LogP contribution in [0.5, 0.6) is 0 Å². The van der Waals surface area contributed by atoms with Gasteiger partial charge in [0, 0.05) is 13.3 Å². The second-order valence-corrected chi connectivity index (χ2v) is 34.7. The van der Waals surface area contributed by atoms with Crippen LogP contribution in [-0.4, -0.2) is 175 Å². The van der Waals surface area contributed by atoms with Crippen LogP contribution in [0, 0.1) is 0 Å². The van der Waals surface area contributed by atoms with E-state index in [1.54, 1.807) is 6.92 Å². The number of phosphoric acid groups is 2. The van der Waals surface area contributed by atoms with Crippen LogP contribution in [0.1, 0.15) is 278 Å². The Labute approximate surface area is 706 Å². The van der Waals surface area contributed by atoms with Crippen molar-refractivity contribution in [3.8, 4) is 0 Å². The number of nitrogens with one attached hydrogen (secondary N) is 6. The summed E-state index contributed by atoms with van der Waals surface area (Å²) in [6.07, 6.45) is 33.7. The molecule has 0 aromatic rings. The Kier molecular flexibility index (Phi) is 54.5. The van der Waals surface area contributed by atoms with Crippen molar-refractivity contribution in [1.29, 1.82) is 0 Å². The zero-order valence-corrected chi connectivity index (χ0v) is 75.3. The Morgan fingerprint density at radius 3 is 1.14 bits per heavy atom. The van der Waals surface area contributed by atoms with E-state index in [4.69, 9.17) is 24.3 Å². The van der Waals surface area contributed by atoms with Crippen LogP contribution in [-0.2, 0) is 75.1 Å². The second-order valence-electron chi connectivity index (χ2n) is 31.7. The molecule has 32 heteroatoms. The maximum absolute atomic E-state index is 13.8. The number of carbonyl (C=O) groups excluding carboxylic acids is 6. The number of aliphatic hydroxyl groups is 2. The summed E-state index contributed by atoms with van der Waals surface area (Å²) in [6.45, 7) is 30.0. The van der Waals surface area contributed by atoms with Gasteiger partial charge in [-0.1, -0.05) is 128 Å². The topological polar surface area (TPSA) is 474 Å². The number of aliphatic hydroxyl groups excluding tert-OH is 2. The Bertz CT molecular complexity index is 3740. The first kappa shape index (κ1) is 109. The highest BCUT2D eigenvalue weighted by molar-refractivity contribution is 7.61. The van der Waals surface area contributed by atoms with E-state index >= 15 is 0 Å². The summed E-state index contributed by atoms with van der Waals surface area (Å²) >= 11 is 0. The normalized spacial score (nSPS) is 19.8.